The van der Waals surface area contributed by atoms with Crippen LogP contribution in [0.25, 0.3) is 0 Å². The van der Waals surface area contributed by atoms with Crippen molar-refractivity contribution in [2.45, 2.75) is 37.7 Å². The number of hydrogen-bond acceptors (Lipinski definition) is 2. The molecule has 0 aliphatic carbocycles. The van der Waals surface area contributed by atoms with E-state index in [1.54, 1.807) is 0 Å². The second kappa shape index (κ2) is 8.80. The minimum Gasteiger partial charge on any atom is -0.388 e. The van der Waals surface area contributed by atoms with E-state index in [9.17, 15) is 5.11 Å². The highest BCUT2D eigenvalue weighted by Gasteiger charge is 2.25. The van der Waals surface area contributed by atoms with Crippen LogP contribution in [-0.2, 0) is 0 Å². The molecule has 1 fully saturated rings. The maximum atomic E-state index is 11.1. The van der Waals surface area contributed by atoms with Crippen LogP contribution in [0.2, 0.25) is 0 Å². The van der Waals surface area contributed by atoms with Crippen LogP contribution in [0.5, 0.6) is 0 Å². The largest absolute Gasteiger partial charge is 0.388 e. The summed E-state index contributed by atoms with van der Waals surface area (Å²) >= 11 is 3.47. The molecule has 0 amide bonds. The van der Waals surface area contributed by atoms with Gasteiger partial charge >= 0.3 is 0 Å². The predicted octanol–water partition coefficient (Wildman–Crippen LogP) is 5.14. The monoisotopic (exact) mass is 387 g/mol. The lowest BCUT2D eigenvalue weighted by molar-refractivity contribution is 0.117. The molecule has 1 saturated heterocycles. The zero-order chi connectivity index (χ0) is 16.8. The Morgan fingerprint density at radius 1 is 0.833 bits per heavy atom. The van der Waals surface area contributed by atoms with Gasteiger partial charge in [0.1, 0.15) is 0 Å². The third kappa shape index (κ3) is 4.69. The molecule has 2 aromatic carbocycles. The average molecular weight is 388 g/mol. The Hall–Kier alpha value is -1.16. The van der Waals surface area contributed by atoms with Crippen molar-refractivity contribution in [3.05, 3.63) is 70.2 Å². The van der Waals surface area contributed by atoms with Crippen LogP contribution in [-0.4, -0.2) is 29.6 Å². The Kier molecular flexibility index (Phi) is 6.47. The number of halogens is 1. The molecule has 0 spiro atoms. The Bertz CT molecular complexity index is 605. The van der Waals surface area contributed by atoms with Crippen molar-refractivity contribution in [3.8, 4) is 0 Å². The minimum absolute atomic E-state index is 0.102. The number of benzene rings is 2. The van der Waals surface area contributed by atoms with E-state index in [0.29, 0.717) is 0 Å². The van der Waals surface area contributed by atoms with Gasteiger partial charge in [-0.1, -0.05) is 71.2 Å². The smallest absolute Gasteiger partial charge is 0.0870 e. The van der Waals surface area contributed by atoms with Gasteiger partial charge in [0.05, 0.1) is 6.10 Å². The van der Waals surface area contributed by atoms with E-state index in [0.717, 1.165) is 29.7 Å². The number of hydrogen-bond donors (Lipinski definition) is 1. The van der Waals surface area contributed by atoms with Crippen LogP contribution in [0, 0.1) is 0 Å². The Labute approximate surface area is 153 Å². The van der Waals surface area contributed by atoms with E-state index in [1.165, 1.54) is 31.2 Å². The van der Waals surface area contributed by atoms with Crippen molar-refractivity contribution in [2.75, 3.05) is 19.6 Å². The zero-order valence-corrected chi connectivity index (χ0v) is 15.7. The van der Waals surface area contributed by atoms with Crippen LogP contribution in [0.15, 0.2) is 59.1 Å². The van der Waals surface area contributed by atoms with Crippen LogP contribution < -0.4 is 0 Å². The summed E-state index contributed by atoms with van der Waals surface area (Å²) in [5.74, 6) is 0.102. The number of nitrogens with zero attached hydrogens (tertiary/aromatic N) is 1. The maximum absolute atomic E-state index is 11.1. The second-order valence-electron chi connectivity index (χ2n) is 6.73. The van der Waals surface area contributed by atoms with Crippen molar-refractivity contribution in [1.29, 1.82) is 0 Å². The molecule has 24 heavy (non-hydrogen) atoms. The average Bonchev–Trinajstić information content (AvgIpc) is 2.89. The highest BCUT2D eigenvalue weighted by molar-refractivity contribution is 9.10. The molecule has 1 aliphatic rings. The van der Waals surface area contributed by atoms with Crippen LogP contribution in [0.1, 0.15) is 48.8 Å². The fraction of sp³-hybridized carbons (Fsp3) is 0.429. The van der Waals surface area contributed by atoms with Gasteiger partial charge in [-0.05, 0) is 49.2 Å². The van der Waals surface area contributed by atoms with Crippen molar-refractivity contribution < 1.29 is 5.11 Å². The van der Waals surface area contributed by atoms with Gasteiger partial charge in [0.2, 0.25) is 0 Å². The molecule has 2 aromatic rings. The van der Waals surface area contributed by atoms with E-state index in [2.05, 4.69) is 45.1 Å². The third-order valence-corrected chi connectivity index (χ3v) is 5.50. The summed E-state index contributed by atoms with van der Waals surface area (Å²) in [6.45, 7) is 3.22. The zero-order valence-electron chi connectivity index (χ0n) is 14.1. The van der Waals surface area contributed by atoms with Crippen molar-refractivity contribution in [1.82, 2.24) is 4.90 Å². The molecular weight excluding hydrogens is 362 g/mol. The van der Waals surface area contributed by atoms with Crippen molar-refractivity contribution in [2.24, 2.45) is 0 Å². The Morgan fingerprint density at radius 2 is 1.46 bits per heavy atom. The molecule has 0 saturated carbocycles. The lowest BCUT2D eigenvalue weighted by Crippen LogP contribution is -2.32. The van der Waals surface area contributed by atoms with Gasteiger partial charge in [-0.25, -0.2) is 0 Å². The highest BCUT2D eigenvalue weighted by Crippen LogP contribution is 2.33. The Balaban J connectivity index is 1.82. The first-order valence-corrected chi connectivity index (χ1v) is 9.74. The van der Waals surface area contributed by atoms with Crippen LogP contribution in [0.3, 0.4) is 0 Å². The van der Waals surface area contributed by atoms with Gasteiger partial charge in [0.15, 0.2) is 0 Å². The van der Waals surface area contributed by atoms with Gasteiger partial charge in [0, 0.05) is 16.9 Å². The molecule has 1 aliphatic heterocycles. The standard InChI is InChI=1S/C21H26BrNO/c22-19-12-10-18(11-13-19)21(24)20(17-8-4-3-5-9-17)16-23-14-6-1-2-7-15-23/h3-5,8-13,20-21,24H,1-2,6-7,14-16H2. The summed E-state index contributed by atoms with van der Waals surface area (Å²) in [4.78, 5) is 2.53. The van der Waals surface area contributed by atoms with Gasteiger partial charge in [-0.2, -0.15) is 0 Å². The fourth-order valence-electron chi connectivity index (χ4n) is 3.58. The van der Waals surface area contributed by atoms with Crippen LogP contribution in [0.4, 0.5) is 0 Å². The molecule has 0 bridgehead atoms. The first-order valence-electron chi connectivity index (χ1n) is 8.95. The molecule has 2 unspecified atom stereocenters. The van der Waals surface area contributed by atoms with E-state index < -0.39 is 6.10 Å². The summed E-state index contributed by atoms with van der Waals surface area (Å²) in [6, 6.07) is 18.5. The minimum atomic E-state index is -0.483. The summed E-state index contributed by atoms with van der Waals surface area (Å²) < 4.78 is 1.04. The van der Waals surface area contributed by atoms with E-state index in [4.69, 9.17) is 0 Å². The first-order chi connectivity index (χ1) is 11.7. The molecule has 128 valence electrons. The molecule has 0 aromatic heterocycles. The van der Waals surface area contributed by atoms with Crippen LogP contribution >= 0.6 is 15.9 Å². The van der Waals surface area contributed by atoms with Crippen molar-refractivity contribution >= 4 is 15.9 Å². The first kappa shape index (κ1) is 17.7. The van der Waals surface area contributed by atoms with E-state index in [1.807, 2.05) is 30.3 Å². The fourth-order valence-corrected chi connectivity index (χ4v) is 3.84. The molecule has 3 rings (SSSR count). The third-order valence-electron chi connectivity index (χ3n) is 4.97. The normalized spacial score (nSPS) is 18.8. The number of rotatable bonds is 5. The summed E-state index contributed by atoms with van der Waals surface area (Å²) in [6.07, 6.45) is 4.73. The Morgan fingerprint density at radius 3 is 2.08 bits per heavy atom. The quantitative estimate of drug-likeness (QED) is 0.767. The molecular formula is C21H26BrNO. The number of aliphatic hydroxyl groups is 1. The van der Waals surface area contributed by atoms with Gasteiger partial charge < -0.3 is 10.0 Å². The molecule has 2 nitrogen and oxygen atoms in total. The topological polar surface area (TPSA) is 23.5 Å². The summed E-state index contributed by atoms with van der Waals surface area (Å²) in [5.41, 5.74) is 2.21. The SMILES string of the molecule is OC(c1ccc(Br)cc1)C(CN1CCCCCC1)c1ccccc1. The lowest BCUT2D eigenvalue weighted by Gasteiger charge is -2.30. The number of aliphatic hydroxyl groups excluding tert-OH is 1. The molecule has 3 heteroatoms. The molecule has 1 heterocycles. The summed E-state index contributed by atoms with van der Waals surface area (Å²) in [5, 5.41) is 11.1. The summed E-state index contributed by atoms with van der Waals surface area (Å²) in [7, 11) is 0. The molecule has 0 radical (unpaired) electrons. The maximum Gasteiger partial charge on any atom is 0.0870 e. The van der Waals surface area contributed by atoms with Gasteiger partial charge in [0.25, 0.3) is 0 Å². The van der Waals surface area contributed by atoms with Gasteiger partial charge in [-0.3, -0.25) is 0 Å². The second-order valence-corrected chi connectivity index (χ2v) is 7.64. The molecule has 2 atom stereocenters. The molecule has 1 N–H and O–H groups in total. The number of likely N-dealkylation sites (tertiary alicyclic amines) is 1. The van der Waals surface area contributed by atoms with E-state index in [-0.39, 0.29) is 5.92 Å². The van der Waals surface area contributed by atoms with E-state index >= 15 is 0 Å². The lowest BCUT2D eigenvalue weighted by atomic mass is 9.88. The predicted molar refractivity (Wildman–Crippen MR) is 103 cm³/mol. The van der Waals surface area contributed by atoms with Gasteiger partial charge in [-0.15, -0.1) is 0 Å². The highest BCUT2D eigenvalue weighted by atomic mass is 79.9. The van der Waals surface area contributed by atoms with Crippen molar-refractivity contribution in [3.63, 3.8) is 0 Å².